The van der Waals surface area contributed by atoms with Crippen molar-refractivity contribution in [1.29, 1.82) is 0 Å². The second-order valence-corrected chi connectivity index (χ2v) is 3.37. The molecule has 1 heterocycles. The van der Waals surface area contributed by atoms with E-state index in [4.69, 9.17) is 0 Å². The van der Waals surface area contributed by atoms with E-state index in [-0.39, 0.29) is 0 Å². The molecule has 2 rings (SSSR count). The zero-order chi connectivity index (χ0) is 8.39. The third kappa shape index (κ3) is 1.32. The van der Waals surface area contributed by atoms with Gasteiger partial charge in [-0.1, -0.05) is 19.4 Å². The van der Waals surface area contributed by atoms with Crippen LogP contribution in [0.1, 0.15) is 18.9 Å². The van der Waals surface area contributed by atoms with Gasteiger partial charge in [-0.05, 0) is 24.1 Å². The molecule has 0 N–H and O–H groups in total. The number of hydrogen-bond acceptors (Lipinski definition) is 3. The minimum Gasteiger partial charge on any atom is -0.173 e. The average molecular weight is 178 g/mol. The fourth-order valence-electron chi connectivity index (χ4n) is 1.27. The minimum absolute atomic E-state index is 1.01. The van der Waals surface area contributed by atoms with Gasteiger partial charge in [-0.15, -0.1) is 0 Å². The third-order valence-corrected chi connectivity index (χ3v) is 2.41. The maximum atomic E-state index is 4.19. The smallest absolute Gasteiger partial charge is 0.105 e. The van der Waals surface area contributed by atoms with Gasteiger partial charge in [-0.2, -0.15) is 8.75 Å². The van der Waals surface area contributed by atoms with Crippen LogP contribution in [0.3, 0.4) is 0 Å². The van der Waals surface area contributed by atoms with Crippen LogP contribution < -0.4 is 0 Å². The van der Waals surface area contributed by atoms with Gasteiger partial charge in [0.1, 0.15) is 11.0 Å². The van der Waals surface area contributed by atoms with Gasteiger partial charge in [-0.25, -0.2) is 0 Å². The second-order valence-electron chi connectivity index (χ2n) is 2.84. The first kappa shape index (κ1) is 7.68. The predicted molar refractivity (Wildman–Crippen MR) is 51.4 cm³/mol. The summed E-state index contributed by atoms with van der Waals surface area (Å²) in [4.78, 5) is 0. The van der Waals surface area contributed by atoms with Crippen molar-refractivity contribution in [1.82, 2.24) is 8.75 Å². The molecule has 0 unspecified atom stereocenters. The molecule has 3 heteroatoms. The summed E-state index contributed by atoms with van der Waals surface area (Å²) >= 11 is 1.28. The molecule has 12 heavy (non-hydrogen) atoms. The van der Waals surface area contributed by atoms with Gasteiger partial charge in [0.2, 0.25) is 0 Å². The van der Waals surface area contributed by atoms with Crippen molar-refractivity contribution in [3.63, 3.8) is 0 Å². The molecule has 0 aliphatic heterocycles. The number of aryl methyl sites for hydroxylation is 1. The molecular weight excluding hydrogens is 168 g/mol. The largest absolute Gasteiger partial charge is 0.173 e. The van der Waals surface area contributed by atoms with E-state index in [9.17, 15) is 0 Å². The molecule has 1 aromatic carbocycles. The SMILES string of the molecule is CCCc1ccc2nsnc2c1. The number of rotatable bonds is 2. The lowest BCUT2D eigenvalue weighted by atomic mass is 10.1. The van der Waals surface area contributed by atoms with E-state index in [0.717, 1.165) is 17.5 Å². The first-order valence-corrected chi connectivity index (χ1v) is 4.84. The van der Waals surface area contributed by atoms with E-state index in [1.807, 2.05) is 6.07 Å². The Bertz CT molecular complexity index is 381. The quantitative estimate of drug-likeness (QED) is 0.706. The molecule has 0 bridgehead atoms. The van der Waals surface area contributed by atoms with Crippen LogP contribution >= 0.6 is 11.7 Å². The Labute approximate surface area is 75.6 Å². The highest BCUT2D eigenvalue weighted by Crippen LogP contribution is 2.14. The van der Waals surface area contributed by atoms with Crippen LogP contribution in [0, 0.1) is 0 Å². The molecule has 0 aliphatic carbocycles. The van der Waals surface area contributed by atoms with Crippen LogP contribution in [0.25, 0.3) is 11.0 Å². The van der Waals surface area contributed by atoms with E-state index in [0.29, 0.717) is 0 Å². The van der Waals surface area contributed by atoms with Crippen molar-refractivity contribution in [3.8, 4) is 0 Å². The van der Waals surface area contributed by atoms with E-state index in [1.165, 1.54) is 23.7 Å². The Morgan fingerprint density at radius 1 is 1.25 bits per heavy atom. The monoisotopic (exact) mass is 178 g/mol. The zero-order valence-corrected chi connectivity index (χ0v) is 7.77. The number of hydrogen-bond donors (Lipinski definition) is 0. The van der Waals surface area contributed by atoms with Crippen LogP contribution in [0.2, 0.25) is 0 Å². The molecule has 0 spiro atoms. The molecule has 1 aromatic heterocycles. The summed E-state index contributed by atoms with van der Waals surface area (Å²) in [5.74, 6) is 0. The summed E-state index contributed by atoms with van der Waals surface area (Å²) in [6.07, 6.45) is 2.32. The maximum Gasteiger partial charge on any atom is 0.105 e. The first-order chi connectivity index (χ1) is 5.90. The molecule has 0 atom stereocenters. The molecule has 0 amide bonds. The molecule has 0 saturated heterocycles. The lowest BCUT2D eigenvalue weighted by Gasteiger charge is -1.95. The standard InChI is InChI=1S/C9H10N2S/c1-2-3-7-4-5-8-9(6-7)11-12-10-8/h4-6H,2-3H2,1H3. The fourth-order valence-corrected chi connectivity index (χ4v) is 1.79. The number of nitrogens with zero attached hydrogens (tertiary/aromatic N) is 2. The summed E-state index contributed by atoms with van der Waals surface area (Å²) in [6.45, 7) is 2.18. The van der Waals surface area contributed by atoms with E-state index in [1.54, 1.807) is 0 Å². The van der Waals surface area contributed by atoms with Gasteiger partial charge in [0.15, 0.2) is 0 Å². The zero-order valence-electron chi connectivity index (χ0n) is 6.95. The molecule has 2 nitrogen and oxygen atoms in total. The third-order valence-electron chi connectivity index (χ3n) is 1.86. The van der Waals surface area contributed by atoms with Crippen molar-refractivity contribution in [2.45, 2.75) is 19.8 Å². The maximum absolute atomic E-state index is 4.19. The average Bonchev–Trinajstić information content (AvgIpc) is 2.51. The van der Waals surface area contributed by atoms with Gasteiger partial charge in [0, 0.05) is 0 Å². The summed E-state index contributed by atoms with van der Waals surface area (Å²) in [5.41, 5.74) is 3.41. The normalized spacial score (nSPS) is 10.8. The Balaban J connectivity index is 2.46. The summed E-state index contributed by atoms with van der Waals surface area (Å²) < 4.78 is 8.34. The number of aromatic nitrogens is 2. The number of benzene rings is 1. The van der Waals surface area contributed by atoms with Crippen LogP contribution in [-0.2, 0) is 6.42 Å². The van der Waals surface area contributed by atoms with Crippen LogP contribution in [0.4, 0.5) is 0 Å². The topological polar surface area (TPSA) is 25.8 Å². The summed E-state index contributed by atoms with van der Waals surface area (Å²) in [7, 11) is 0. The molecule has 2 aromatic rings. The summed E-state index contributed by atoms with van der Waals surface area (Å²) in [5, 5.41) is 0. The highest BCUT2D eigenvalue weighted by Gasteiger charge is 1.98. The van der Waals surface area contributed by atoms with Crippen LogP contribution in [0.5, 0.6) is 0 Å². The van der Waals surface area contributed by atoms with E-state index >= 15 is 0 Å². The van der Waals surface area contributed by atoms with Gasteiger partial charge in [0.05, 0.1) is 11.7 Å². The summed E-state index contributed by atoms with van der Waals surface area (Å²) in [6, 6.07) is 6.30. The van der Waals surface area contributed by atoms with Crippen molar-refractivity contribution in [2.75, 3.05) is 0 Å². The highest BCUT2D eigenvalue weighted by molar-refractivity contribution is 7.00. The predicted octanol–water partition coefficient (Wildman–Crippen LogP) is 2.64. The molecule has 0 fully saturated rings. The van der Waals surface area contributed by atoms with Gasteiger partial charge < -0.3 is 0 Å². The fraction of sp³-hybridized carbons (Fsp3) is 0.333. The highest BCUT2D eigenvalue weighted by atomic mass is 32.1. The molecule has 62 valence electrons. The van der Waals surface area contributed by atoms with Crippen molar-refractivity contribution in [3.05, 3.63) is 23.8 Å². The Hall–Kier alpha value is -0.960. The molecular formula is C9H10N2S. The van der Waals surface area contributed by atoms with Gasteiger partial charge in [-0.3, -0.25) is 0 Å². The van der Waals surface area contributed by atoms with Gasteiger partial charge >= 0.3 is 0 Å². The van der Waals surface area contributed by atoms with Crippen molar-refractivity contribution >= 4 is 22.8 Å². The first-order valence-electron chi connectivity index (χ1n) is 4.11. The molecule has 0 aliphatic rings. The van der Waals surface area contributed by atoms with Crippen molar-refractivity contribution in [2.24, 2.45) is 0 Å². The molecule has 0 saturated carbocycles. The Morgan fingerprint density at radius 2 is 2.08 bits per heavy atom. The number of fused-ring (bicyclic) bond motifs is 1. The Morgan fingerprint density at radius 3 is 2.92 bits per heavy atom. The lowest BCUT2D eigenvalue weighted by molar-refractivity contribution is 0.923. The minimum atomic E-state index is 1.01. The second kappa shape index (κ2) is 3.19. The molecule has 0 radical (unpaired) electrons. The van der Waals surface area contributed by atoms with E-state index < -0.39 is 0 Å². The van der Waals surface area contributed by atoms with E-state index in [2.05, 4.69) is 27.8 Å². The van der Waals surface area contributed by atoms with Gasteiger partial charge in [0.25, 0.3) is 0 Å². The lowest BCUT2D eigenvalue weighted by Crippen LogP contribution is -1.81. The van der Waals surface area contributed by atoms with Crippen molar-refractivity contribution < 1.29 is 0 Å². The van der Waals surface area contributed by atoms with Crippen LogP contribution in [0.15, 0.2) is 18.2 Å². The Kier molecular flexibility index (Phi) is 2.04. The van der Waals surface area contributed by atoms with Crippen LogP contribution in [-0.4, -0.2) is 8.75 Å².